The molecule has 0 radical (unpaired) electrons. The highest BCUT2D eigenvalue weighted by atomic mass is 32.2. The molecule has 9 heteroatoms. The van der Waals surface area contributed by atoms with Crippen LogP contribution in [0.5, 0.6) is 0 Å². The van der Waals surface area contributed by atoms with Gasteiger partial charge in [0.15, 0.2) is 16.4 Å². The minimum atomic E-state index is -3.09. The van der Waals surface area contributed by atoms with E-state index in [1.807, 2.05) is 24.3 Å². The molecule has 2 heterocycles. The zero-order valence-electron chi connectivity index (χ0n) is 14.7. The Morgan fingerprint density at radius 1 is 1.30 bits per heavy atom. The Morgan fingerprint density at radius 2 is 2.04 bits per heavy atom. The van der Waals surface area contributed by atoms with Gasteiger partial charge < -0.3 is 9.64 Å². The zero-order chi connectivity index (χ0) is 19.4. The molecule has 0 saturated carbocycles. The Balaban J connectivity index is 1.52. The van der Waals surface area contributed by atoms with Crippen LogP contribution >= 0.6 is 0 Å². The average molecular weight is 389 g/mol. The van der Waals surface area contributed by atoms with Gasteiger partial charge in [-0.15, -0.1) is 0 Å². The van der Waals surface area contributed by atoms with Crippen molar-refractivity contribution in [3.63, 3.8) is 0 Å². The second-order valence-corrected chi connectivity index (χ2v) is 8.51. The maximum absolute atomic E-state index is 12.1. The number of ether oxygens (including phenoxy) is 1. The smallest absolute Gasteiger partial charge is 0.331 e. The third-order valence-corrected chi connectivity index (χ3v) is 6.10. The number of rotatable bonds is 5. The molecule has 8 nitrogen and oxygen atoms in total. The van der Waals surface area contributed by atoms with Crippen LogP contribution in [-0.2, 0) is 24.2 Å². The number of hydrogen-bond acceptors (Lipinski definition) is 7. The number of hydrogen-bond donors (Lipinski definition) is 0. The van der Waals surface area contributed by atoms with Gasteiger partial charge in [0.25, 0.3) is 5.91 Å². The molecule has 0 spiro atoms. The number of para-hydroxylation sites is 2. The molecule has 2 aromatic rings. The van der Waals surface area contributed by atoms with Gasteiger partial charge in [-0.3, -0.25) is 9.78 Å². The number of benzene rings is 1. The zero-order valence-corrected chi connectivity index (χ0v) is 15.6. The normalized spacial score (nSPS) is 18.6. The van der Waals surface area contributed by atoms with E-state index in [9.17, 15) is 18.0 Å². The Kier molecular flexibility index (Phi) is 5.50. The van der Waals surface area contributed by atoms with Crippen molar-refractivity contribution < 1.29 is 22.7 Å². The molecule has 0 N–H and O–H groups in total. The summed E-state index contributed by atoms with van der Waals surface area (Å²) in [6.07, 6.45) is 4.57. The first-order chi connectivity index (χ1) is 12.8. The predicted molar refractivity (Wildman–Crippen MR) is 99.4 cm³/mol. The topological polar surface area (TPSA) is 107 Å². The third kappa shape index (κ3) is 4.88. The lowest BCUT2D eigenvalue weighted by Crippen LogP contribution is -2.40. The van der Waals surface area contributed by atoms with Crippen LogP contribution < -0.4 is 0 Å². The van der Waals surface area contributed by atoms with Gasteiger partial charge in [-0.1, -0.05) is 12.1 Å². The molecule has 3 rings (SSSR count). The molecular weight excluding hydrogens is 370 g/mol. The Labute approximate surface area is 156 Å². The molecule has 1 aromatic carbocycles. The van der Waals surface area contributed by atoms with Gasteiger partial charge >= 0.3 is 5.97 Å². The third-order valence-electron chi connectivity index (χ3n) is 4.34. The number of likely N-dealkylation sites (N-methyl/N-ethyl adjacent to an activating group) is 1. The molecular formula is C18H19N3O5S. The van der Waals surface area contributed by atoms with E-state index < -0.39 is 28.3 Å². The van der Waals surface area contributed by atoms with Crippen LogP contribution in [0.1, 0.15) is 12.1 Å². The maximum Gasteiger partial charge on any atom is 0.331 e. The molecule has 142 valence electrons. The lowest BCUT2D eigenvalue weighted by Gasteiger charge is -2.22. The molecule has 27 heavy (non-hydrogen) atoms. The molecule has 1 fully saturated rings. The minimum absolute atomic E-state index is 0.0519. The number of carbonyl (C=O) groups is 2. The quantitative estimate of drug-likeness (QED) is 0.551. The minimum Gasteiger partial charge on any atom is -0.452 e. The lowest BCUT2D eigenvalue weighted by atomic mass is 10.2. The van der Waals surface area contributed by atoms with Crippen LogP contribution in [0.15, 0.2) is 36.5 Å². The molecule has 1 aliphatic heterocycles. The Morgan fingerprint density at radius 3 is 2.74 bits per heavy atom. The lowest BCUT2D eigenvalue weighted by molar-refractivity contribution is -0.148. The van der Waals surface area contributed by atoms with Gasteiger partial charge in [0, 0.05) is 19.2 Å². The summed E-state index contributed by atoms with van der Waals surface area (Å²) in [5, 5.41) is 0. The molecule has 0 aliphatic carbocycles. The van der Waals surface area contributed by atoms with E-state index in [0.29, 0.717) is 17.6 Å². The van der Waals surface area contributed by atoms with Gasteiger partial charge in [-0.2, -0.15) is 0 Å². The highest BCUT2D eigenvalue weighted by Crippen LogP contribution is 2.16. The molecule has 1 aromatic heterocycles. The van der Waals surface area contributed by atoms with Crippen molar-refractivity contribution in [3.8, 4) is 0 Å². The van der Waals surface area contributed by atoms with Crippen molar-refractivity contribution in [2.24, 2.45) is 0 Å². The van der Waals surface area contributed by atoms with Crippen LogP contribution in [0.4, 0.5) is 0 Å². The summed E-state index contributed by atoms with van der Waals surface area (Å²) in [6.45, 7) is -0.445. The molecule has 1 amide bonds. The number of nitrogens with zero attached hydrogens (tertiary/aromatic N) is 3. The van der Waals surface area contributed by atoms with Gasteiger partial charge in [0.2, 0.25) is 0 Å². The fourth-order valence-electron chi connectivity index (χ4n) is 2.77. The van der Waals surface area contributed by atoms with Gasteiger partial charge in [-0.05, 0) is 24.6 Å². The van der Waals surface area contributed by atoms with Crippen LogP contribution in [0.3, 0.4) is 0 Å². The summed E-state index contributed by atoms with van der Waals surface area (Å²) in [7, 11) is -1.57. The fraction of sp³-hybridized carbons (Fsp3) is 0.333. The van der Waals surface area contributed by atoms with Crippen molar-refractivity contribution >= 4 is 38.8 Å². The second-order valence-electron chi connectivity index (χ2n) is 6.29. The van der Waals surface area contributed by atoms with Crippen molar-refractivity contribution in [1.29, 1.82) is 0 Å². The Hall–Kier alpha value is -2.81. The number of amides is 1. The summed E-state index contributed by atoms with van der Waals surface area (Å²) in [4.78, 5) is 33.8. The van der Waals surface area contributed by atoms with Gasteiger partial charge in [0.05, 0.1) is 34.4 Å². The van der Waals surface area contributed by atoms with E-state index in [-0.39, 0.29) is 17.5 Å². The maximum atomic E-state index is 12.1. The van der Waals surface area contributed by atoms with Gasteiger partial charge in [-0.25, -0.2) is 18.2 Å². The average Bonchev–Trinajstić information content (AvgIpc) is 3.03. The predicted octanol–water partition coefficient (Wildman–Crippen LogP) is 0.832. The first-order valence-electron chi connectivity index (χ1n) is 8.37. The summed E-state index contributed by atoms with van der Waals surface area (Å²) < 4.78 is 27.9. The van der Waals surface area contributed by atoms with E-state index in [1.165, 1.54) is 30.3 Å². The van der Waals surface area contributed by atoms with E-state index in [2.05, 4.69) is 9.97 Å². The van der Waals surface area contributed by atoms with Crippen LogP contribution in [0, 0.1) is 0 Å². The molecule has 1 atom stereocenters. The standard InChI is InChI=1S/C18H19N3O5S/c1-21(14-8-9-27(24,25)12-14)17(22)11-26-18(23)7-6-13-10-19-15-4-2-3-5-16(15)20-13/h2-7,10,14H,8-9,11-12H2,1H3/b7-6+/t14-/m1/s1. The highest BCUT2D eigenvalue weighted by Gasteiger charge is 2.32. The fourth-order valence-corrected chi connectivity index (χ4v) is 4.55. The number of sulfone groups is 1. The van der Waals surface area contributed by atoms with Crippen molar-refractivity contribution in [3.05, 3.63) is 42.2 Å². The summed E-state index contributed by atoms with van der Waals surface area (Å²) in [6, 6.07) is 6.98. The van der Waals surface area contributed by atoms with Crippen LogP contribution in [0.25, 0.3) is 17.1 Å². The Bertz CT molecular complexity index is 1000. The molecule has 0 unspecified atom stereocenters. The number of carbonyl (C=O) groups excluding carboxylic acids is 2. The number of fused-ring (bicyclic) bond motifs is 1. The second kappa shape index (κ2) is 7.83. The van der Waals surface area contributed by atoms with E-state index in [1.54, 1.807) is 0 Å². The molecule has 0 bridgehead atoms. The molecule has 1 saturated heterocycles. The van der Waals surface area contributed by atoms with Crippen LogP contribution in [-0.4, -0.2) is 66.4 Å². The monoisotopic (exact) mass is 389 g/mol. The summed E-state index contributed by atoms with van der Waals surface area (Å²) in [5.41, 5.74) is 1.95. The van der Waals surface area contributed by atoms with Crippen LogP contribution in [0.2, 0.25) is 0 Å². The van der Waals surface area contributed by atoms with E-state index in [0.717, 1.165) is 5.52 Å². The largest absolute Gasteiger partial charge is 0.452 e. The molecule has 1 aliphatic rings. The van der Waals surface area contributed by atoms with Gasteiger partial charge in [0.1, 0.15) is 0 Å². The first-order valence-corrected chi connectivity index (χ1v) is 10.2. The first kappa shape index (κ1) is 19.0. The van der Waals surface area contributed by atoms with E-state index in [4.69, 9.17) is 4.74 Å². The number of esters is 1. The van der Waals surface area contributed by atoms with E-state index >= 15 is 0 Å². The summed E-state index contributed by atoms with van der Waals surface area (Å²) in [5.74, 6) is -1.11. The van der Waals surface area contributed by atoms with Crippen molar-refractivity contribution in [2.75, 3.05) is 25.2 Å². The number of aromatic nitrogens is 2. The SMILES string of the molecule is CN(C(=O)COC(=O)/C=C/c1cnc2ccccc2n1)[C@@H]1CCS(=O)(=O)C1. The van der Waals surface area contributed by atoms with Crippen molar-refractivity contribution in [2.45, 2.75) is 12.5 Å². The van der Waals surface area contributed by atoms with Crippen molar-refractivity contribution in [1.82, 2.24) is 14.9 Å². The highest BCUT2D eigenvalue weighted by molar-refractivity contribution is 7.91. The summed E-state index contributed by atoms with van der Waals surface area (Å²) >= 11 is 0.